The first-order valence-corrected chi connectivity index (χ1v) is 11.7. The number of anilines is 1. The number of rotatable bonds is 5. The van der Waals surface area contributed by atoms with E-state index in [-0.39, 0.29) is 17.2 Å². The molecule has 1 N–H and O–H groups in total. The molecule has 1 aliphatic rings. The summed E-state index contributed by atoms with van der Waals surface area (Å²) in [6.45, 7) is 0.0558. The molecule has 1 aromatic heterocycles. The van der Waals surface area contributed by atoms with E-state index in [1.54, 1.807) is 12.1 Å². The van der Waals surface area contributed by atoms with Crippen LogP contribution in [0.2, 0.25) is 0 Å². The minimum absolute atomic E-state index is 0.0558. The number of nitrogens with zero attached hydrogens (tertiary/aromatic N) is 2. The summed E-state index contributed by atoms with van der Waals surface area (Å²) in [5, 5.41) is 9.69. The molecule has 0 saturated carbocycles. The zero-order chi connectivity index (χ0) is 21.5. The van der Waals surface area contributed by atoms with Gasteiger partial charge >= 0.3 is 5.97 Å². The lowest BCUT2D eigenvalue weighted by Gasteiger charge is -2.33. The monoisotopic (exact) mass is 442 g/mol. The van der Waals surface area contributed by atoms with Crippen LogP contribution in [0, 0.1) is 0 Å². The number of aliphatic carboxylic acids is 1. The third-order valence-corrected chi connectivity index (χ3v) is 8.76. The summed E-state index contributed by atoms with van der Waals surface area (Å²) in [4.78, 5) is 14.7. The Balaban J connectivity index is 1.67. The van der Waals surface area contributed by atoms with Crippen molar-refractivity contribution in [3.8, 4) is 10.4 Å². The summed E-state index contributed by atoms with van der Waals surface area (Å²) >= 11 is 1.16. The summed E-state index contributed by atoms with van der Waals surface area (Å²) in [6, 6.07) is 17.5. The highest BCUT2D eigenvalue weighted by Gasteiger charge is 2.40. The molecule has 156 valence electrons. The quantitative estimate of drug-likeness (QED) is 0.652. The van der Waals surface area contributed by atoms with Gasteiger partial charge in [-0.05, 0) is 41.0 Å². The Morgan fingerprint density at radius 3 is 2.33 bits per heavy atom. The van der Waals surface area contributed by atoms with E-state index in [9.17, 15) is 18.3 Å². The van der Waals surface area contributed by atoms with Crippen LogP contribution in [0.1, 0.15) is 11.1 Å². The van der Waals surface area contributed by atoms with Crippen LogP contribution in [0.3, 0.4) is 0 Å². The molecule has 4 rings (SSSR count). The predicted molar refractivity (Wildman–Crippen MR) is 118 cm³/mol. The Bertz CT molecular complexity index is 1180. The smallest absolute Gasteiger partial charge is 0.322 e. The molecule has 8 heteroatoms. The normalized spacial score (nSPS) is 16.8. The zero-order valence-electron chi connectivity index (χ0n) is 16.6. The molecule has 0 fully saturated rings. The Morgan fingerprint density at radius 1 is 1.03 bits per heavy atom. The average Bonchev–Trinajstić information content (AvgIpc) is 3.24. The first-order chi connectivity index (χ1) is 14.3. The largest absolute Gasteiger partial charge is 0.480 e. The SMILES string of the molecule is CN(C)c1ccc(-c2ccc(S(=O)(=O)N3Cc4ccccc4CC3C(=O)O)s2)cc1. The van der Waals surface area contributed by atoms with Crippen LogP contribution in [0.5, 0.6) is 0 Å². The second-order valence-corrected chi connectivity index (χ2v) is 10.6. The van der Waals surface area contributed by atoms with Gasteiger partial charge in [0.15, 0.2) is 0 Å². The second kappa shape index (κ2) is 7.86. The van der Waals surface area contributed by atoms with E-state index in [0.29, 0.717) is 0 Å². The van der Waals surface area contributed by atoms with Crippen molar-refractivity contribution in [1.82, 2.24) is 4.31 Å². The fraction of sp³-hybridized carbons (Fsp3) is 0.227. The van der Waals surface area contributed by atoms with Gasteiger partial charge in [-0.2, -0.15) is 4.31 Å². The molecule has 0 bridgehead atoms. The maximum Gasteiger partial charge on any atom is 0.322 e. The molecular weight excluding hydrogens is 420 g/mol. The Labute approximate surface area is 180 Å². The van der Waals surface area contributed by atoms with Crippen molar-refractivity contribution < 1.29 is 18.3 Å². The van der Waals surface area contributed by atoms with Crippen molar-refractivity contribution in [3.05, 3.63) is 71.8 Å². The van der Waals surface area contributed by atoms with Gasteiger partial charge in [-0.25, -0.2) is 8.42 Å². The van der Waals surface area contributed by atoms with E-state index in [2.05, 4.69) is 0 Å². The molecule has 0 aliphatic carbocycles. The fourth-order valence-corrected chi connectivity index (χ4v) is 6.62. The number of carboxylic acids is 1. The highest BCUT2D eigenvalue weighted by molar-refractivity contribution is 7.91. The number of carboxylic acid groups (broad SMARTS) is 1. The molecule has 0 spiro atoms. The number of carbonyl (C=O) groups is 1. The molecule has 1 aliphatic heterocycles. The third kappa shape index (κ3) is 3.74. The summed E-state index contributed by atoms with van der Waals surface area (Å²) in [5.74, 6) is -1.14. The number of sulfonamides is 1. The van der Waals surface area contributed by atoms with Gasteiger partial charge in [0.05, 0.1) is 0 Å². The van der Waals surface area contributed by atoms with E-state index in [1.807, 2.05) is 67.5 Å². The molecule has 2 heterocycles. The van der Waals surface area contributed by atoms with E-state index >= 15 is 0 Å². The highest BCUT2D eigenvalue weighted by atomic mass is 32.2. The minimum atomic E-state index is -3.94. The van der Waals surface area contributed by atoms with Crippen LogP contribution in [0.25, 0.3) is 10.4 Å². The van der Waals surface area contributed by atoms with Crippen LogP contribution in [-0.4, -0.2) is 43.9 Å². The maximum absolute atomic E-state index is 13.4. The average molecular weight is 443 g/mol. The van der Waals surface area contributed by atoms with Crippen molar-refractivity contribution in [1.29, 1.82) is 0 Å². The minimum Gasteiger partial charge on any atom is -0.480 e. The van der Waals surface area contributed by atoms with Crippen LogP contribution in [0.15, 0.2) is 64.9 Å². The molecule has 2 aromatic carbocycles. The van der Waals surface area contributed by atoms with Crippen molar-refractivity contribution in [2.24, 2.45) is 0 Å². The topological polar surface area (TPSA) is 77.9 Å². The summed E-state index contributed by atoms with van der Waals surface area (Å²) in [5.41, 5.74) is 3.70. The lowest BCUT2D eigenvalue weighted by molar-refractivity contribution is -0.141. The van der Waals surface area contributed by atoms with Gasteiger partial charge in [0, 0.05) is 37.6 Å². The standard InChI is InChI=1S/C22H22N2O4S2/c1-23(2)18-9-7-15(8-10-18)20-11-12-21(29-20)30(27,28)24-14-17-6-4-3-5-16(17)13-19(24)22(25)26/h3-12,19H,13-14H2,1-2H3,(H,25,26). The molecular formula is C22H22N2O4S2. The lowest BCUT2D eigenvalue weighted by Crippen LogP contribution is -2.48. The first kappa shape index (κ1) is 20.6. The fourth-order valence-electron chi connectivity index (χ4n) is 3.62. The molecule has 30 heavy (non-hydrogen) atoms. The van der Waals surface area contributed by atoms with Gasteiger partial charge in [0.25, 0.3) is 10.0 Å². The van der Waals surface area contributed by atoms with Gasteiger partial charge in [-0.15, -0.1) is 11.3 Å². The first-order valence-electron chi connectivity index (χ1n) is 9.46. The molecule has 1 unspecified atom stereocenters. The molecule has 1 atom stereocenters. The number of thiophene rings is 1. The summed E-state index contributed by atoms with van der Waals surface area (Å²) in [7, 11) is -0.0273. The highest BCUT2D eigenvalue weighted by Crippen LogP contribution is 2.36. The van der Waals surface area contributed by atoms with Crippen molar-refractivity contribution in [2.45, 2.75) is 23.2 Å². The summed E-state index contributed by atoms with van der Waals surface area (Å²) in [6.07, 6.45) is 0.162. The maximum atomic E-state index is 13.4. The van der Waals surface area contributed by atoms with Crippen molar-refractivity contribution in [2.75, 3.05) is 19.0 Å². The van der Waals surface area contributed by atoms with Crippen molar-refractivity contribution >= 4 is 33.0 Å². The number of hydrogen-bond donors (Lipinski definition) is 1. The number of hydrogen-bond acceptors (Lipinski definition) is 5. The van der Waals surface area contributed by atoms with Gasteiger partial charge in [0.2, 0.25) is 0 Å². The second-order valence-electron chi connectivity index (χ2n) is 7.44. The van der Waals surface area contributed by atoms with Crippen LogP contribution in [0.4, 0.5) is 5.69 Å². The molecule has 6 nitrogen and oxygen atoms in total. The Morgan fingerprint density at radius 2 is 1.70 bits per heavy atom. The van der Waals surface area contributed by atoms with Gasteiger partial charge in [-0.1, -0.05) is 36.4 Å². The van der Waals surface area contributed by atoms with Crippen molar-refractivity contribution in [3.63, 3.8) is 0 Å². The third-order valence-electron chi connectivity index (χ3n) is 5.30. The molecule has 3 aromatic rings. The van der Waals surface area contributed by atoms with Gasteiger partial charge in [0.1, 0.15) is 10.3 Å². The number of benzene rings is 2. The predicted octanol–water partition coefficient (Wildman–Crippen LogP) is 3.68. The van der Waals surface area contributed by atoms with E-state index < -0.39 is 22.0 Å². The van der Waals surface area contributed by atoms with Crippen LogP contribution in [-0.2, 0) is 27.8 Å². The molecule has 0 radical (unpaired) electrons. The Hall–Kier alpha value is -2.68. The van der Waals surface area contributed by atoms with E-state index in [0.717, 1.165) is 42.9 Å². The summed E-state index contributed by atoms with van der Waals surface area (Å²) < 4.78 is 28.0. The molecule has 0 saturated heterocycles. The van der Waals surface area contributed by atoms with E-state index in [1.165, 1.54) is 0 Å². The lowest BCUT2D eigenvalue weighted by atomic mass is 9.96. The van der Waals surface area contributed by atoms with Gasteiger partial charge < -0.3 is 10.0 Å². The van der Waals surface area contributed by atoms with E-state index in [4.69, 9.17) is 0 Å². The van der Waals surface area contributed by atoms with Gasteiger partial charge in [-0.3, -0.25) is 4.79 Å². The molecule has 0 amide bonds. The number of fused-ring (bicyclic) bond motifs is 1. The van der Waals surface area contributed by atoms with Crippen LogP contribution < -0.4 is 4.90 Å². The zero-order valence-corrected chi connectivity index (χ0v) is 18.3. The Kier molecular flexibility index (Phi) is 5.40. The van der Waals surface area contributed by atoms with Crippen LogP contribution >= 0.6 is 11.3 Å².